The van der Waals surface area contributed by atoms with Crippen molar-refractivity contribution >= 4 is 11.4 Å². The van der Waals surface area contributed by atoms with Crippen molar-refractivity contribution in [2.45, 2.75) is 37.8 Å². The van der Waals surface area contributed by atoms with Crippen molar-refractivity contribution in [3.05, 3.63) is 24.3 Å². The van der Waals surface area contributed by atoms with Crippen LogP contribution in [0.4, 0.5) is 11.4 Å². The maximum absolute atomic E-state index is 6.09. The first kappa shape index (κ1) is 13.7. The maximum atomic E-state index is 6.09. The highest BCUT2D eigenvalue weighted by molar-refractivity contribution is 5.70. The summed E-state index contributed by atoms with van der Waals surface area (Å²) < 4.78 is 5.45. The summed E-state index contributed by atoms with van der Waals surface area (Å²) in [6.45, 7) is 3.59. The molecule has 0 aromatic heterocycles. The van der Waals surface area contributed by atoms with E-state index in [1.54, 1.807) is 0 Å². The van der Waals surface area contributed by atoms with Gasteiger partial charge in [0.1, 0.15) is 0 Å². The van der Waals surface area contributed by atoms with Crippen LogP contribution in [0.2, 0.25) is 0 Å². The van der Waals surface area contributed by atoms with Crippen LogP contribution >= 0.6 is 0 Å². The van der Waals surface area contributed by atoms with Gasteiger partial charge in [0.15, 0.2) is 0 Å². The Morgan fingerprint density at radius 3 is 2.75 bits per heavy atom. The molecule has 0 radical (unpaired) electrons. The van der Waals surface area contributed by atoms with Gasteiger partial charge in [-0.3, -0.25) is 0 Å². The summed E-state index contributed by atoms with van der Waals surface area (Å²) in [5.74, 6) is 0. The highest BCUT2D eigenvalue weighted by atomic mass is 16.5. The van der Waals surface area contributed by atoms with Crippen molar-refractivity contribution < 1.29 is 4.74 Å². The summed E-state index contributed by atoms with van der Waals surface area (Å²) >= 11 is 0. The first-order chi connectivity index (χ1) is 9.83. The molecule has 1 aliphatic heterocycles. The molecule has 2 unspecified atom stereocenters. The average Bonchev–Trinajstić information content (AvgIpc) is 2.49. The molecule has 3 N–H and O–H groups in total. The minimum atomic E-state index is 0.358. The third kappa shape index (κ3) is 3.25. The third-order valence-electron chi connectivity index (χ3n) is 4.33. The van der Waals surface area contributed by atoms with Gasteiger partial charge in [-0.25, -0.2) is 0 Å². The number of nitrogens with one attached hydrogen (secondary N) is 1. The molecule has 0 bridgehead atoms. The predicted molar refractivity (Wildman–Crippen MR) is 83.3 cm³/mol. The van der Waals surface area contributed by atoms with E-state index in [2.05, 4.69) is 34.5 Å². The van der Waals surface area contributed by atoms with Gasteiger partial charge in [-0.2, -0.15) is 0 Å². The van der Waals surface area contributed by atoms with Gasteiger partial charge in [-0.05, 0) is 37.8 Å². The smallest absolute Gasteiger partial charge is 0.0642 e. The van der Waals surface area contributed by atoms with Crippen molar-refractivity contribution in [3.8, 4) is 0 Å². The molecule has 1 aromatic carbocycles. The van der Waals surface area contributed by atoms with E-state index in [0.717, 1.165) is 32.7 Å². The minimum absolute atomic E-state index is 0.358. The van der Waals surface area contributed by atoms with Crippen LogP contribution in [0, 0.1) is 0 Å². The molecule has 4 nitrogen and oxygen atoms in total. The quantitative estimate of drug-likeness (QED) is 0.888. The molecule has 20 heavy (non-hydrogen) atoms. The average molecular weight is 275 g/mol. The number of nitrogens with two attached hydrogens (primary N) is 1. The van der Waals surface area contributed by atoms with Gasteiger partial charge < -0.3 is 20.7 Å². The van der Waals surface area contributed by atoms with Gasteiger partial charge in [-0.15, -0.1) is 0 Å². The summed E-state index contributed by atoms with van der Waals surface area (Å²) in [6, 6.07) is 9.48. The Hall–Kier alpha value is -1.26. The predicted octanol–water partition coefficient (Wildman–Crippen LogP) is 2.21. The van der Waals surface area contributed by atoms with E-state index >= 15 is 0 Å². The highest BCUT2D eigenvalue weighted by Gasteiger charge is 2.21. The number of para-hydroxylation sites is 2. The van der Waals surface area contributed by atoms with E-state index in [0.29, 0.717) is 12.1 Å². The second-order valence-electron chi connectivity index (χ2n) is 5.88. The van der Waals surface area contributed by atoms with Crippen LogP contribution in [0.5, 0.6) is 0 Å². The summed E-state index contributed by atoms with van der Waals surface area (Å²) in [5, 5.41) is 3.71. The first-order valence-electron chi connectivity index (χ1n) is 7.77. The normalized spacial score (nSPS) is 27.4. The topological polar surface area (TPSA) is 50.5 Å². The lowest BCUT2D eigenvalue weighted by Gasteiger charge is -2.33. The van der Waals surface area contributed by atoms with Crippen LogP contribution in [-0.4, -0.2) is 38.4 Å². The standard InChI is InChI=1S/C16H25N3O/c17-13-4-3-5-14(12-13)18-15-6-1-2-7-16(15)19-8-10-20-11-9-19/h1-2,6-7,13-14,18H,3-5,8-12,17H2. The maximum Gasteiger partial charge on any atom is 0.0642 e. The highest BCUT2D eigenvalue weighted by Crippen LogP contribution is 2.29. The molecule has 110 valence electrons. The van der Waals surface area contributed by atoms with Crippen LogP contribution in [-0.2, 0) is 4.74 Å². The molecule has 1 saturated carbocycles. The molecule has 3 rings (SSSR count). The van der Waals surface area contributed by atoms with Gasteiger partial charge in [0.05, 0.1) is 24.6 Å². The van der Waals surface area contributed by atoms with Crippen molar-refractivity contribution in [3.63, 3.8) is 0 Å². The number of ether oxygens (including phenoxy) is 1. The molecule has 2 aliphatic rings. The summed E-state index contributed by atoms with van der Waals surface area (Å²) in [5.41, 5.74) is 8.64. The van der Waals surface area contributed by atoms with Gasteiger partial charge in [-0.1, -0.05) is 12.1 Å². The second kappa shape index (κ2) is 6.46. The lowest BCUT2D eigenvalue weighted by atomic mass is 9.91. The lowest BCUT2D eigenvalue weighted by Crippen LogP contribution is -2.38. The first-order valence-corrected chi connectivity index (χ1v) is 7.77. The summed E-state index contributed by atoms with van der Waals surface area (Å²) in [6.07, 6.45) is 4.71. The third-order valence-corrected chi connectivity index (χ3v) is 4.33. The van der Waals surface area contributed by atoms with Crippen LogP contribution in [0.3, 0.4) is 0 Å². The van der Waals surface area contributed by atoms with Crippen molar-refractivity contribution in [2.24, 2.45) is 5.73 Å². The Bertz CT molecular complexity index is 431. The fourth-order valence-electron chi connectivity index (χ4n) is 3.25. The Labute approximate surface area is 121 Å². The summed E-state index contributed by atoms with van der Waals surface area (Å²) in [7, 11) is 0. The molecule has 1 aliphatic carbocycles. The zero-order valence-electron chi connectivity index (χ0n) is 12.1. The molecule has 2 fully saturated rings. The number of hydrogen-bond acceptors (Lipinski definition) is 4. The Kier molecular flexibility index (Phi) is 4.43. The molecule has 2 atom stereocenters. The van der Waals surface area contributed by atoms with Crippen LogP contribution in [0.15, 0.2) is 24.3 Å². The summed E-state index contributed by atoms with van der Waals surface area (Å²) in [4.78, 5) is 2.41. The zero-order chi connectivity index (χ0) is 13.8. The van der Waals surface area contributed by atoms with Crippen molar-refractivity contribution in [1.82, 2.24) is 0 Å². The fourth-order valence-corrected chi connectivity index (χ4v) is 3.25. The largest absolute Gasteiger partial charge is 0.381 e. The lowest BCUT2D eigenvalue weighted by molar-refractivity contribution is 0.123. The number of morpholine rings is 1. The van der Waals surface area contributed by atoms with Gasteiger partial charge in [0.2, 0.25) is 0 Å². The molecular weight excluding hydrogens is 250 g/mol. The van der Waals surface area contributed by atoms with E-state index in [1.165, 1.54) is 30.6 Å². The van der Waals surface area contributed by atoms with Crippen LogP contribution in [0.1, 0.15) is 25.7 Å². The van der Waals surface area contributed by atoms with Crippen molar-refractivity contribution in [2.75, 3.05) is 36.5 Å². The van der Waals surface area contributed by atoms with Gasteiger partial charge >= 0.3 is 0 Å². The van der Waals surface area contributed by atoms with E-state index in [4.69, 9.17) is 10.5 Å². The van der Waals surface area contributed by atoms with Gasteiger partial charge in [0, 0.05) is 25.2 Å². The van der Waals surface area contributed by atoms with Gasteiger partial charge in [0.25, 0.3) is 0 Å². The minimum Gasteiger partial charge on any atom is -0.381 e. The molecule has 1 aromatic rings. The number of hydrogen-bond donors (Lipinski definition) is 2. The molecule has 1 saturated heterocycles. The van der Waals surface area contributed by atoms with E-state index in [1.807, 2.05) is 0 Å². The Morgan fingerprint density at radius 2 is 1.95 bits per heavy atom. The zero-order valence-corrected chi connectivity index (χ0v) is 12.1. The molecule has 1 heterocycles. The van der Waals surface area contributed by atoms with Crippen LogP contribution < -0.4 is 16.0 Å². The monoisotopic (exact) mass is 275 g/mol. The SMILES string of the molecule is NC1CCCC(Nc2ccccc2N2CCOCC2)C1. The molecule has 0 spiro atoms. The Morgan fingerprint density at radius 1 is 1.15 bits per heavy atom. The van der Waals surface area contributed by atoms with E-state index in [-0.39, 0.29) is 0 Å². The molecular formula is C16H25N3O. The molecule has 4 heteroatoms. The van der Waals surface area contributed by atoms with Crippen LogP contribution in [0.25, 0.3) is 0 Å². The van der Waals surface area contributed by atoms with Crippen molar-refractivity contribution in [1.29, 1.82) is 0 Å². The fraction of sp³-hybridized carbons (Fsp3) is 0.625. The number of rotatable bonds is 3. The molecule has 0 amide bonds. The Balaban J connectivity index is 1.71. The number of anilines is 2. The number of benzene rings is 1. The van der Waals surface area contributed by atoms with E-state index < -0.39 is 0 Å². The number of nitrogens with zero attached hydrogens (tertiary/aromatic N) is 1. The second-order valence-corrected chi connectivity index (χ2v) is 5.88. The van der Waals surface area contributed by atoms with E-state index in [9.17, 15) is 0 Å².